The Labute approximate surface area is 393 Å². The van der Waals surface area contributed by atoms with Gasteiger partial charge in [0.2, 0.25) is 5.95 Å². The standard InChI is InChI=1S/C61H43N7/c1-3-41(36-53(43-22-10-5-11-23-43)62-40(2)42-20-8-4-9-21-42)46-32-34-48-49-35-33-47(55-39-54(44-24-12-6-13-25-44)63-59(64-55)45-26-14-7-15-27-45)38-58(49)67(57(48)37-46)61-66-51-29-17-16-28-50(51)60-65-52-30-18-19-31-56(52)68(60)61/h4-39H,2-3H2,1H3/b41-36+,62-53?. The Kier molecular flexibility index (Phi) is 10.1. The van der Waals surface area contributed by atoms with Crippen LogP contribution < -0.4 is 0 Å². The summed E-state index contributed by atoms with van der Waals surface area (Å²) in [4.78, 5) is 26.3. The van der Waals surface area contributed by atoms with Crippen LogP contribution in [0, 0.1) is 0 Å². The molecular formula is C61H43N7. The number of imidazole rings is 1. The van der Waals surface area contributed by atoms with E-state index in [1.54, 1.807) is 0 Å². The first-order valence-corrected chi connectivity index (χ1v) is 22.9. The number of hydrogen-bond acceptors (Lipinski definition) is 5. The predicted octanol–water partition coefficient (Wildman–Crippen LogP) is 14.9. The van der Waals surface area contributed by atoms with Crippen molar-refractivity contribution in [1.82, 2.24) is 28.9 Å². The third-order valence-electron chi connectivity index (χ3n) is 12.7. The van der Waals surface area contributed by atoms with Gasteiger partial charge in [-0.05, 0) is 71.7 Å². The molecule has 0 aliphatic rings. The molecule has 0 bridgehead atoms. The highest BCUT2D eigenvalue weighted by molar-refractivity contribution is 6.15. The smallest absolute Gasteiger partial charge is 0.221 e. The molecule has 4 aromatic heterocycles. The van der Waals surface area contributed by atoms with Crippen molar-refractivity contribution in [3.05, 3.63) is 242 Å². The summed E-state index contributed by atoms with van der Waals surface area (Å²) in [5, 5.41) is 3.18. The van der Waals surface area contributed by atoms with Crippen LogP contribution in [0.25, 0.3) is 101 Å². The first kappa shape index (κ1) is 40.4. The van der Waals surface area contributed by atoms with E-state index in [1.807, 2.05) is 84.9 Å². The van der Waals surface area contributed by atoms with Gasteiger partial charge in [0.1, 0.15) is 5.65 Å². The summed E-state index contributed by atoms with van der Waals surface area (Å²) in [6.45, 7) is 6.60. The molecule has 12 aromatic rings. The molecule has 7 heteroatoms. The molecule has 0 unspecified atom stereocenters. The van der Waals surface area contributed by atoms with E-state index in [2.05, 4.69) is 156 Å². The van der Waals surface area contributed by atoms with E-state index in [4.69, 9.17) is 24.9 Å². The minimum Gasteiger partial charge on any atom is -0.279 e. The molecule has 0 atom stereocenters. The van der Waals surface area contributed by atoms with E-state index in [0.29, 0.717) is 11.5 Å². The van der Waals surface area contributed by atoms with Crippen LogP contribution in [0.1, 0.15) is 30.0 Å². The van der Waals surface area contributed by atoms with E-state index in [1.165, 1.54) is 0 Å². The van der Waals surface area contributed by atoms with E-state index in [9.17, 15) is 0 Å². The lowest BCUT2D eigenvalue weighted by Crippen LogP contribution is -2.06. The third-order valence-corrected chi connectivity index (χ3v) is 12.7. The molecule has 0 radical (unpaired) electrons. The van der Waals surface area contributed by atoms with Gasteiger partial charge in [-0.15, -0.1) is 0 Å². The van der Waals surface area contributed by atoms with Crippen LogP contribution in [0.4, 0.5) is 0 Å². The number of aliphatic imine (C=N–C) groups is 1. The summed E-state index contributed by atoms with van der Waals surface area (Å²) in [6.07, 6.45) is 2.99. The summed E-state index contributed by atoms with van der Waals surface area (Å²) in [6, 6.07) is 73.2. The average Bonchev–Trinajstić information content (AvgIpc) is 3.96. The normalized spacial score (nSPS) is 12.2. The summed E-state index contributed by atoms with van der Waals surface area (Å²) in [7, 11) is 0. The van der Waals surface area contributed by atoms with E-state index in [-0.39, 0.29) is 0 Å². The second kappa shape index (κ2) is 17.1. The zero-order chi connectivity index (χ0) is 45.6. The summed E-state index contributed by atoms with van der Waals surface area (Å²) >= 11 is 0. The highest BCUT2D eigenvalue weighted by atomic mass is 15.2. The van der Waals surface area contributed by atoms with Crippen LogP contribution in [0.3, 0.4) is 0 Å². The molecule has 0 aliphatic carbocycles. The lowest BCUT2D eigenvalue weighted by molar-refractivity contribution is 0.979. The minimum absolute atomic E-state index is 0.666. The maximum absolute atomic E-state index is 5.54. The zero-order valence-corrected chi connectivity index (χ0v) is 37.3. The van der Waals surface area contributed by atoms with E-state index < -0.39 is 0 Å². The Morgan fingerprint density at radius 3 is 1.79 bits per heavy atom. The summed E-state index contributed by atoms with van der Waals surface area (Å²) < 4.78 is 4.53. The van der Waals surface area contributed by atoms with Crippen LogP contribution >= 0.6 is 0 Å². The molecule has 4 heterocycles. The van der Waals surface area contributed by atoms with Gasteiger partial charge in [-0.3, -0.25) is 8.97 Å². The molecular weight excluding hydrogens is 831 g/mol. The van der Waals surface area contributed by atoms with Gasteiger partial charge in [0.15, 0.2) is 5.82 Å². The number of allylic oxidation sites excluding steroid dienone is 2. The summed E-state index contributed by atoms with van der Waals surface area (Å²) in [5.41, 5.74) is 16.0. The summed E-state index contributed by atoms with van der Waals surface area (Å²) in [5.74, 6) is 1.41. The van der Waals surface area contributed by atoms with Gasteiger partial charge >= 0.3 is 0 Å². The fourth-order valence-electron chi connectivity index (χ4n) is 9.32. The molecule has 0 saturated heterocycles. The maximum Gasteiger partial charge on any atom is 0.221 e. The monoisotopic (exact) mass is 873 g/mol. The number of nitrogens with zero attached hydrogens (tertiary/aromatic N) is 7. The topological polar surface area (TPSA) is 73.3 Å². The Bertz CT molecular complexity index is 3890. The molecule has 68 heavy (non-hydrogen) atoms. The van der Waals surface area contributed by atoms with Crippen LogP contribution in [0.2, 0.25) is 0 Å². The van der Waals surface area contributed by atoms with Gasteiger partial charge in [-0.2, -0.15) is 0 Å². The largest absolute Gasteiger partial charge is 0.279 e. The van der Waals surface area contributed by atoms with E-state index in [0.717, 1.165) is 118 Å². The fraction of sp³-hybridized carbons (Fsp3) is 0.0328. The fourth-order valence-corrected chi connectivity index (χ4v) is 9.32. The first-order chi connectivity index (χ1) is 33.6. The second-order valence-corrected chi connectivity index (χ2v) is 16.9. The Morgan fingerprint density at radius 2 is 1.07 bits per heavy atom. The van der Waals surface area contributed by atoms with Crippen molar-refractivity contribution < 1.29 is 0 Å². The lowest BCUT2D eigenvalue weighted by atomic mass is 9.98. The highest BCUT2D eigenvalue weighted by Gasteiger charge is 2.22. The van der Waals surface area contributed by atoms with Crippen LogP contribution in [0.5, 0.6) is 0 Å². The quantitative estimate of drug-likeness (QED) is 0.128. The first-order valence-electron chi connectivity index (χ1n) is 22.9. The van der Waals surface area contributed by atoms with Gasteiger partial charge < -0.3 is 0 Å². The zero-order valence-electron chi connectivity index (χ0n) is 37.3. The van der Waals surface area contributed by atoms with E-state index >= 15 is 0 Å². The molecule has 8 aromatic carbocycles. The van der Waals surface area contributed by atoms with Gasteiger partial charge in [0.05, 0.1) is 50.4 Å². The second-order valence-electron chi connectivity index (χ2n) is 16.9. The van der Waals surface area contributed by atoms with Gasteiger partial charge in [-0.1, -0.05) is 183 Å². The van der Waals surface area contributed by atoms with Crippen LogP contribution in [-0.2, 0) is 0 Å². The van der Waals surface area contributed by atoms with Crippen molar-refractivity contribution in [2.24, 2.45) is 4.99 Å². The Hall–Kier alpha value is -9.07. The van der Waals surface area contributed by atoms with Crippen molar-refractivity contribution in [2.45, 2.75) is 13.3 Å². The number of benzene rings is 8. The van der Waals surface area contributed by atoms with Crippen molar-refractivity contribution in [1.29, 1.82) is 0 Å². The van der Waals surface area contributed by atoms with Gasteiger partial charge in [0, 0.05) is 38.4 Å². The molecule has 322 valence electrons. The number of hydrogen-bond donors (Lipinski definition) is 0. The maximum atomic E-state index is 5.54. The molecule has 0 fully saturated rings. The third kappa shape index (κ3) is 7.23. The molecule has 0 spiro atoms. The Balaban J connectivity index is 1.13. The number of rotatable bonds is 10. The SMILES string of the molecule is C=C(N=C(/C=C(\CC)c1ccc2c3ccc(-c4cc(-c5ccccc5)nc(-c5ccccc5)n4)cc3n(-c3nc4ccccc4c4nc5ccccc5n34)c2c1)c1ccccc1)c1ccccc1. The van der Waals surface area contributed by atoms with Crippen LogP contribution in [-0.4, -0.2) is 34.6 Å². The molecule has 0 saturated carbocycles. The highest BCUT2D eigenvalue weighted by Crippen LogP contribution is 2.39. The van der Waals surface area contributed by atoms with Crippen molar-refractivity contribution in [2.75, 3.05) is 0 Å². The molecule has 12 rings (SSSR count). The number of aromatic nitrogens is 6. The number of para-hydroxylation sites is 3. The molecule has 7 nitrogen and oxygen atoms in total. The van der Waals surface area contributed by atoms with Gasteiger partial charge in [0.25, 0.3) is 0 Å². The predicted molar refractivity (Wildman–Crippen MR) is 281 cm³/mol. The molecule has 0 amide bonds. The van der Waals surface area contributed by atoms with Crippen molar-refractivity contribution in [3.8, 4) is 39.9 Å². The van der Waals surface area contributed by atoms with Crippen LogP contribution in [0.15, 0.2) is 230 Å². The van der Waals surface area contributed by atoms with Crippen molar-refractivity contribution >= 4 is 66.4 Å². The molecule has 0 N–H and O–H groups in total. The average molecular weight is 874 g/mol. The molecule has 0 aliphatic heterocycles. The van der Waals surface area contributed by atoms with Gasteiger partial charge in [-0.25, -0.2) is 24.9 Å². The minimum atomic E-state index is 0.666. The Morgan fingerprint density at radius 1 is 0.485 bits per heavy atom. The number of fused-ring (bicyclic) bond motifs is 8. The lowest BCUT2D eigenvalue weighted by Gasteiger charge is -2.14. The van der Waals surface area contributed by atoms with Crippen molar-refractivity contribution in [3.63, 3.8) is 0 Å².